The molecule has 30 heavy (non-hydrogen) atoms. The van der Waals surface area contributed by atoms with E-state index in [2.05, 4.69) is 15.0 Å². The fraction of sp³-hybridized carbons (Fsp3) is 0.409. The second kappa shape index (κ2) is 9.73. The molecule has 1 atom stereocenters. The van der Waals surface area contributed by atoms with Crippen LogP contribution in [0.3, 0.4) is 0 Å². The lowest BCUT2D eigenvalue weighted by Gasteiger charge is -2.34. The second-order valence-electron chi connectivity index (χ2n) is 7.51. The Morgan fingerprint density at radius 3 is 2.97 bits per heavy atom. The van der Waals surface area contributed by atoms with Crippen LogP contribution in [-0.2, 0) is 17.9 Å². The lowest BCUT2D eigenvalue weighted by Crippen LogP contribution is -2.44. The van der Waals surface area contributed by atoms with Gasteiger partial charge in [-0.25, -0.2) is 0 Å². The zero-order valence-electron chi connectivity index (χ0n) is 17.0. The van der Waals surface area contributed by atoms with Gasteiger partial charge in [0, 0.05) is 24.7 Å². The van der Waals surface area contributed by atoms with Crippen molar-refractivity contribution in [3.05, 3.63) is 58.3 Å². The SMILES string of the molecule is CCN(Cc1nc(-c2cccs2)no1)C(=O)[C@@H]1CCCN(Cc2ccccc2Cl)C1. The van der Waals surface area contributed by atoms with Gasteiger partial charge in [0.25, 0.3) is 0 Å². The van der Waals surface area contributed by atoms with Crippen molar-refractivity contribution in [1.29, 1.82) is 0 Å². The van der Waals surface area contributed by atoms with Crippen LogP contribution in [-0.4, -0.2) is 45.5 Å². The number of rotatable bonds is 7. The highest BCUT2D eigenvalue weighted by atomic mass is 35.5. The van der Waals surface area contributed by atoms with Crippen LogP contribution in [0.4, 0.5) is 0 Å². The standard InChI is InChI=1S/C22H25ClN4O2S/c1-2-27(15-20-24-21(25-29-20)19-10-6-12-30-19)22(28)17-8-5-11-26(14-17)13-16-7-3-4-9-18(16)23/h3-4,6-7,9-10,12,17H,2,5,8,11,13-15H2,1H3/t17-/m1/s1. The van der Waals surface area contributed by atoms with Crippen molar-refractivity contribution in [3.63, 3.8) is 0 Å². The number of halogens is 1. The van der Waals surface area contributed by atoms with Crippen molar-refractivity contribution in [2.45, 2.75) is 32.9 Å². The maximum absolute atomic E-state index is 13.2. The molecule has 0 N–H and O–H groups in total. The van der Waals surface area contributed by atoms with Gasteiger partial charge in [-0.3, -0.25) is 9.69 Å². The number of carbonyl (C=O) groups is 1. The molecule has 0 aliphatic carbocycles. The van der Waals surface area contributed by atoms with E-state index in [-0.39, 0.29) is 11.8 Å². The molecule has 158 valence electrons. The minimum absolute atomic E-state index is 0.0270. The predicted molar refractivity (Wildman–Crippen MR) is 118 cm³/mol. The monoisotopic (exact) mass is 444 g/mol. The molecular weight excluding hydrogens is 420 g/mol. The Labute approximate surface area is 185 Å². The molecule has 1 aromatic carbocycles. The lowest BCUT2D eigenvalue weighted by molar-refractivity contribution is -0.138. The molecule has 2 aromatic heterocycles. The molecule has 0 bridgehead atoms. The van der Waals surface area contributed by atoms with Gasteiger partial charge in [-0.1, -0.05) is 41.0 Å². The van der Waals surface area contributed by atoms with Gasteiger partial charge in [0.05, 0.1) is 17.3 Å². The number of carbonyl (C=O) groups excluding carboxylic acids is 1. The summed E-state index contributed by atoms with van der Waals surface area (Å²) < 4.78 is 5.40. The number of amides is 1. The summed E-state index contributed by atoms with van der Waals surface area (Å²) in [6.07, 6.45) is 1.90. The first kappa shape index (κ1) is 21.0. The van der Waals surface area contributed by atoms with Crippen molar-refractivity contribution in [2.75, 3.05) is 19.6 Å². The van der Waals surface area contributed by atoms with Gasteiger partial charge >= 0.3 is 0 Å². The number of nitrogens with zero attached hydrogens (tertiary/aromatic N) is 4. The summed E-state index contributed by atoms with van der Waals surface area (Å²) in [5.41, 5.74) is 1.10. The summed E-state index contributed by atoms with van der Waals surface area (Å²) >= 11 is 7.88. The quantitative estimate of drug-likeness (QED) is 0.528. The molecule has 0 unspecified atom stereocenters. The van der Waals surface area contributed by atoms with E-state index in [1.807, 2.05) is 53.6 Å². The topological polar surface area (TPSA) is 62.5 Å². The Balaban J connectivity index is 1.38. The molecule has 1 saturated heterocycles. The molecule has 0 spiro atoms. The van der Waals surface area contributed by atoms with Crippen molar-refractivity contribution in [1.82, 2.24) is 19.9 Å². The van der Waals surface area contributed by atoms with Gasteiger partial charge in [0.1, 0.15) is 0 Å². The zero-order valence-corrected chi connectivity index (χ0v) is 18.5. The van der Waals surface area contributed by atoms with Crippen LogP contribution in [0.2, 0.25) is 5.02 Å². The highest BCUT2D eigenvalue weighted by Crippen LogP contribution is 2.25. The van der Waals surface area contributed by atoms with E-state index in [1.54, 1.807) is 11.3 Å². The molecular formula is C22H25ClN4O2S. The number of piperidine rings is 1. The number of benzene rings is 1. The molecule has 3 aromatic rings. The average molecular weight is 445 g/mol. The molecule has 1 aliphatic heterocycles. The molecule has 4 rings (SSSR count). The largest absolute Gasteiger partial charge is 0.337 e. The number of thiophene rings is 1. The molecule has 0 saturated carbocycles. The Morgan fingerprint density at radius 2 is 2.20 bits per heavy atom. The molecule has 1 amide bonds. The maximum Gasteiger partial charge on any atom is 0.246 e. The molecule has 3 heterocycles. The molecule has 6 nitrogen and oxygen atoms in total. The first-order valence-corrected chi connectivity index (χ1v) is 11.5. The summed E-state index contributed by atoms with van der Waals surface area (Å²) in [5, 5.41) is 6.80. The maximum atomic E-state index is 13.2. The van der Waals surface area contributed by atoms with E-state index >= 15 is 0 Å². The van der Waals surface area contributed by atoms with E-state index in [0.29, 0.717) is 24.8 Å². The van der Waals surface area contributed by atoms with Gasteiger partial charge in [0.15, 0.2) is 0 Å². The summed E-state index contributed by atoms with van der Waals surface area (Å²) in [5.74, 6) is 1.17. The minimum atomic E-state index is -0.0270. The van der Waals surface area contributed by atoms with Crippen LogP contribution in [0.1, 0.15) is 31.2 Å². The average Bonchev–Trinajstić information content (AvgIpc) is 3.45. The van der Waals surface area contributed by atoms with Gasteiger partial charge in [0.2, 0.25) is 17.6 Å². The van der Waals surface area contributed by atoms with Crippen LogP contribution in [0.15, 0.2) is 46.3 Å². The summed E-state index contributed by atoms with van der Waals surface area (Å²) in [7, 11) is 0. The zero-order chi connectivity index (χ0) is 20.9. The predicted octanol–water partition coefficient (Wildman–Crippen LogP) is 4.71. The Morgan fingerprint density at radius 1 is 1.33 bits per heavy atom. The summed E-state index contributed by atoms with van der Waals surface area (Å²) in [6.45, 7) is 5.42. The highest BCUT2D eigenvalue weighted by Gasteiger charge is 2.30. The van der Waals surface area contributed by atoms with Crippen LogP contribution in [0.25, 0.3) is 10.7 Å². The van der Waals surface area contributed by atoms with Crippen molar-refractivity contribution in [2.24, 2.45) is 5.92 Å². The second-order valence-corrected chi connectivity index (χ2v) is 8.86. The fourth-order valence-corrected chi connectivity index (χ4v) is 4.70. The van der Waals surface area contributed by atoms with Gasteiger partial charge in [-0.05, 0) is 49.4 Å². The van der Waals surface area contributed by atoms with Crippen LogP contribution < -0.4 is 0 Å². The summed E-state index contributed by atoms with van der Waals surface area (Å²) in [6, 6.07) is 11.8. The summed E-state index contributed by atoms with van der Waals surface area (Å²) in [4.78, 5) is 22.8. The van der Waals surface area contributed by atoms with Crippen LogP contribution in [0, 0.1) is 5.92 Å². The van der Waals surface area contributed by atoms with E-state index in [0.717, 1.165) is 47.9 Å². The van der Waals surface area contributed by atoms with Gasteiger partial charge < -0.3 is 9.42 Å². The van der Waals surface area contributed by atoms with E-state index in [9.17, 15) is 4.79 Å². The van der Waals surface area contributed by atoms with Gasteiger partial charge in [-0.15, -0.1) is 11.3 Å². The van der Waals surface area contributed by atoms with Crippen molar-refractivity contribution >= 4 is 28.8 Å². The Bertz CT molecular complexity index is 975. The fourth-order valence-electron chi connectivity index (χ4n) is 3.86. The van der Waals surface area contributed by atoms with E-state index in [4.69, 9.17) is 16.1 Å². The smallest absolute Gasteiger partial charge is 0.246 e. The van der Waals surface area contributed by atoms with Gasteiger partial charge in [-0.2, -0.15) is 4.98 Å². The van der Waals surface area contributed by atoms with Crippen LogP contribution in [0.5, 0.6) is 0 Å². The molecule has 1 aliphatic rings. The Kier molecular flexibility index (Phi) is 6.82. The first-order valence-electron chi connectivity index (χ1n) is 10.2. The van der Waals surface area contributed by atoms with E-state index in [1.165, 1.54) is 0 Å². The third-order valence-electron chi connectivity index (χ3n) is 5.44. The van der Waals surface area contributed by atoms with E-state index < -0.39 is 0 Å². The third-order valence-corrected chi connectivity index (χ3v) is 6.67. The number of aromatic nitrogens is 2. The normalized spacial score (nSPS) is 17.2. The molecule has 0 radical (unpaired) electrons. The lowest BCUT2D eigenvalue weighted by atomic mass is 9.96. The molecule has 1 fully saturated rings. The highest BCUT2D eigenvalue weighted by molar-refractivity contribution is 7.13. The first-order chi connectivity index (χ1) is 14.6. The third kappa shape index (κ3) is 4.91. The number of hydrogen-bond acceptors (Lipinski definition) is 6. The van der Waals surface area contributed by atoms with Crippen LogP contribution >= 0.6 is 22.9 Å². The van der Waals surface area contributed by atoms with Crippen molar-refractivity contribution in [3.8, 4) is 10.7 Å². The number of hydrogen-bond donors (Lipinski definition) is 0. The minimum Gasteiger partial charge on any atom is -0.337 e. The number of likely N-dealkylation sites (tertiary alicyclic amines) is 1. The molecule has 8 heteroatoms. The van der Waals surface area contributed by atoms with Crippen molar-refractivity contribution < 1.29 is 9.32 Å². The Hall–Kier alpha value is -2.22.